The fourth-order valence-electron chi connectivity index (χ4n) is 5.02. The minimum Gasteiger partial charge on any atom is -0.507 e. The van der Waals surface area contributed by atoms with Crippen LogP contribution in [-0.2, 0) is 17.1 Å². The van der Waals surface area contributed by atoms with E-state index < -0.39 is 0 Å². The van der Waals surface area contributed by atoms with Crippen molar-refractivity contribution in [3.8, 4) is 28.0 Å². The van der Waals surface area contributed by atoms with Crippen LogP contribution in [0.4, 0.5) is 11.4 Å². The first-order chi connectivity index (χ1) is 19.3. The van der Waals surface area contributed by atoms with Crippen molar-refractivity contribution in [1.29, 1.82) is 0 Å². The Morgan fingerprint density at radius 1 is 0.610 bits per heavy atom. The van der Waals surface area contributed by atoms with E-state index in [1.807, 2.05) is 105 Å². The zero-order chi connectivity index (χ0) is 28.2. The summed E-state index contributed by atoms with van der Waals surface area (Å²) in [5, 5.41) is 11.3. The number of aromatic hydroxyl groups is 1. The van der Waals surface area contributed by atoms with Crippen molar-refractivity contribution in [3.05, 3.63) is 131 Å². The predicted molar refractivity (Wildman–Crippen MR) is 168 cm³/mol. The number of phenols is 1. The van der Waals surface area contributed by atoms with Crippen molar-refractivity contribution >= 4 is 22.8 Å². The van der Waals surface area contributed by atoms with Gasteiger partial charge in [0.1, 0.15) is 5.75 Å². The van der Waals surface area contributed by atoms with Crippen LogP contribution in [0.1, 0.15) is 41.9 Å². The number of hydrogen-bond donors (Lipinski definition) is 1. The molecule has 0 amide bonds. The van der Waals surface area contributed by atoms with Crippen molar-refractivity contribution in [2.75, 3.05) is 0 Å². The molecule has 1 aromatic heterocycles. The van der Waals surface area contributed by atoms with E-state index in [-0.39, 0.29) is 22.8 Å². The van der Waals surface area contributed by atoms with Gasteiger partial charge < -0.3 is 5.11 Å². The Morgan fingerprint density at radius 3 is 1.56 bits per heavy atom. The molecule has 5 aromatic rings. The molecule has 4 nitrogen and oxygen atoms in total. The van der Waals surface area contributed by atoms with E-state index in [2.05, 4.69) is 32.9 Å². The van der Waals surface area contributed by atoms with E-state index in [1.54, 1.807) is 0 Å². The van der Waals surface area contributed by atoms with E-state index in [0.29, 0.717) is 0 Å². The molecule has 5 heteroatoms. The Labute approximate surface area is 253 Å². The molecule has 0 saturated heterocycles. The van der Waals surface area contributed by atoms with Gasteiger partial charge in [-0.2, -0.15) is 0 Å². The predicted octanol–water partition coefficient (Wildman–Crippen LogP) is 9.33. The third kappa shape index (κ3) is 6.71. The average Bonchev–Trinajstić information content (AvgIpc) is 2.96. The topological polar surface area (TPSA) is 57.8 Å². The van der Waals surface area contributed by atoms with Crippen LogP contribution in [0.25, 0.3) is 22.3 Å². The molecule has 5 rings (SSSR count). The number of pyridine rings is 1. The Hall–Kier alpha value is -4.31. The maximum Gasteiger partial charge on any atom is 0.131 e. The van der Waals surface area contributed by atoms with Crippen LogP contribution >= 0.6 is 0 Å². The minimum atomic E-state index is 0. The van der Waals surface area contributed by atoms with Gasteiger partial charge >= 0.3 is 0 Å². The van der Waals surface area contributed by atoms with Crippen molar-refractivity contribution in [3.63, 3.8) is 0 Å². The third-order valence-electron chi connectivity index (χ3n) is 6.97. The maximum absolute atomic E-state index is 11.3. The summed E-state index contributed by atoms with van der Waals surface area (Å²) in [5.74, 6) is 0.239. The normalized spacial score (nSPS) is 11.7. The molecule has 4 aromatic carbocycles. The molecule has 0 unspecified atom stereocenters. The van der Waals surface area contributed by atoms with Crippen molar-refractivity contribution in [2.45, 2.75) is 34.6 Å². The Kier molecular flexibility index (Phi) is 9.34. The molecule has 0 aliphatic heterocycles. The van der Waals surface area contributed by atoms with E-state index in [1.165, 1.54) is 5.56 Å². The van der Waals surface area contributed by atoms with Gasteiger partial charge in [-0.05, 0) is 81.1 Å². The molecule has 0 radical (unpaired) electrons. The number of phenolic OH excluding ortho intramolecular Hbond substituents is 1. The summed E-state index contributed by atoms with van der Waals surface area (Å²) in [6.07, 6.45) is 0. The quantitative estimate of drug-likeness (QED) is 0.161. The Balaban J connectivity index is 0.00000387. The molecular weight excluding hydrogens is 546 g/mol. The number of aryl methyl sites for hydroxylation is 3. The molecule has 41 heavy (non-hydrogen) atoms. The SMILES string of the molecule is CC(=Nc1cc(-c2ccccc2)c(O)c(-c2ccccc2)c1)c1cccc(C(C)=Nc2c(C)cc(C)cc2C)n1.[Fe]. The van der Waals surface area contributed by atoms with Crippen molar-refractivity contribution in [2.24, 2.45) is 9.98 Å². The molecule has 0 atom stereocenters. The molecule has 1 N–H and O–H groups in total. The number of benzene rings is 4. The second kappa shape index (κ2) is 12.9. The minimum absolute atomic E-state index is 0. The average molecular weight is 580 g/mol. The van der Waals surface area contributed by atoms with Gasteiger partial charge in [0.2, 0.25) is 0 Å². The second-order valence-electron chi connectivity index (χ2n) is 10.2. The molecule has 0 aliphatic rings. The van der Waals surface area contributed by atoms with Gasteiger partial charge in [-0.15, -0.1) is 0 Å². The standard InChI is InChI=1S/C36H33N3O.Fe/c1-23-19-24(2)35(25(3)20-23)38-27(5)34-18-12-17-33(39-34)26(4)37-30-21-31(28-13-8-6-9-14-28)36(40)32(22-30)29-15-10-7-11-16-29;/h6-22,40H,1-5H3;. The maximum atomic E-state index is 11.3. The molecule has 0 aliphatic carbocycles. The van der Waals surface area contributed by atoms with Crippen LogP contribution in [0, 0.1) is 20.8 Å². The van der Waals surface area contributed by atoms with Crippen LogP contribution in [-0.4, -0.2) is 21.5 Å². The first-order valence-electron chi connectivity index (χ1n) is 13.4. The summed E-state index contributed by atoms with van der Waals surface area (Å²) >= 11 is 0. The van der Waals surface area contributed by atoms with Gasteiger partial charge in [0.05, 0.1) is 34.2 Å². The summed E-state index contributed by atoms with van der Waals surface area (Å²) in [4.78, 5) is 14.8. The first-order valence-corrected chi connectivity index (χ1v) is 13.4. The van der Waals surface area contributed by atoms with E-state index >= 15 is 0 Å². The molecular formula is C36H33FeN3O. The number of rotatable bonds is 6. The fraction of sp³-hybridized carbons (Fsp3) is 0.139. The molecule has 0 bridgehead atoms. The molecule has 0 fully saturated rings. The van der Waals surface area contributed by atoms with Gasteiger partial charge in [-0.3, -0.25) is 9.98 Å². The fourth-order valence-corrected chi connectivity index (χ4v) is 5.02. The summed E-state index contributed by atoms with van der Waals surface area (Å²) < 4.78 is 0. The third-order valence-corrected chi connectivity index (χ3v) is 6.97. The summed E-state index contributed by atoms with van der Waals surface area (Å²) in [6, 6.07) is 33.9. The monoisotopic (exact) mass is 579 g/mol. The van der Waals surface area contributed by atoms with Crippen molar-refractivity contribution < 1.29 is 22.2 Å². The molecule has 0 saturated carbocycles. The van der Waals surface area contributed by atoms with Crippen LogP contribution in [0.2, 0.25) is 0 Å². The van der Waals surface area contributed by atoms with Crippen LogP contribution in [0.15, 0.2) is 113 Å². The largest absolute Gasteiger partial charge is 0.507 e. The zero-order valence-electron chi connectivity index (χ0n) is 24.0. The van der Waals surface area contributed by atoms with Crippen LogP contribution in [0.3, 0.4) is 0 Å². The second-order valence-corrected chi connectivity index (χ2v) is 10.2. The van der Waals surface area contributed by atoms with Gasteiger partial charge in [-0.1, -0.05) is 84.4 Å². The summed E-state index contributed by atoms with van der Waals surface area (Å²) in [7, 11) is 0. The van der Waals surface area contributed by atoms with Crippen LogP contribution in [0.5, 0.6) is 5.75 Å². The van der Waals surface area contributed by atoms with E-state index in [4.69, 9.17) is 15.0 Å². The van der Waals surface area contributed by atoms with E-state index in [9.17, 15) is 5.11 Å². The number of hydrogen-bond acceptors (Lipinski definition) is 4. The number of aromatic nitrogens is 1. The smallest absolute Gasteiger partial charge is 0.131 e. The van der Waals surface area contributed by atoms with E-state index in [0.717, 1.165) is 67.6 Å². The molecule has 206 valence electrons. The van der Waals surface area contributed by atoms with Gasteiger partial charge in [0.15, 0.2) is 0 Å². The summed E-state index contributed by atoms with van der Waals surface area (Å²) in [6.45, 7) is 10.3. The Bertz CT molecular complexity index is 1660. The number of nitrogens with zero attached hydrogens (tertiary/aromatic N) is 3. The zero-order valence-corrected chi connectivity index (χ0v) is 25.1. The molecule has 1 heterocycles. The first kappa shape index (κ1) is 29.7. The molecule has 0 spiro atoms. The summed E-state index contributed by atoms with van der Waals surface area (Å²) in [5.41, 5.74) is 11.8. The van der Waals surface area contributed by atoms with Gasteiger partial charge in [-0.25, -0.2) is 4.98 Å². The van der Waals surface area contributed by atoms with Gasteiger partial charge in [0, 0.05) is 28.2 Å². The van der Waals surface area contributed by atoms with Crippen molar-refractivity contribution in [1.82, 2.24) is 4.98 Å². The van der Waals surface area contributed by atoms with Crippen LogP contribution < -0.4 is 0 Å². The number of aliphatic imine (C=N–C) groups is 2. The van der Waals surface area contributed by atoms with Gasteiger partial charge in [0.25, 0.3) is 0 Å². The Morgan fingerprint density at radius 2 is 1.07 bits per heavy atom.